The van der Waals surface area contributed by atoms with Gasteiger partial charge in [-0.15, -0.1) is 0 Å². The summed E-state index contributed by atoms with van der Waals surface area (Å²) in [7, 11) is 0. The maximum Gasteiger partial charge on any atom is 0.0868 e. The third kappa shape index (κ3) is 2.20. The van der Waals surface area contributed by atoms with Crippen LogP contribution in [0, 0.1) is 17.2 Å². The van der Waals surface area contributed by atoms with Gasteiger partial charge in [0.15, 0.2) is 0 Å². The molecule has 11 heavy (non-hydrogen) atoms. The van der Waals surface area contributed by atoms with Crippen LogP contribution in [0.2, 0.25) is 0 Å². The topological polar surface area (TPSA) is 27.0 Å². The molecule has 1 fully saturated rings. The molecule has 2 atom stereocenters. The van der Waals surface area contributed by atoms with Crippen LogP contribution in [0.4, 0.5) is 0 Å². The highest BCUT2D eigenvalue weighted by molar-refractivity contribution is 4.84. The van der Waals surface area contributed by atoms with Gasteiger partial charge in [0.1, 0.15) is 0 Å². The van der Waals surface area contributed by atoms with Crippen LogP contribution in [0.15, 0.2) is 0 Å². The molecule has 0 spiro atoms. The minimum atomic E-state index is 0.603. The standard InChI is InChI=1S/C9H16N2/c1-8-3-4-9(2)11(7-8)6-5-10/h8-9H,3-4,6-7H2,1-2H3. The molecule has 62 valence electrons. The predicted octanol–water partition coefficient (Wildman–Crippen LogP) is 1.63. The van der Waals surface area contributed by atoms with E-state index in [2.05, 4.69) is 24.8 Å². The largest absolute Gasteiger partial charge is 0.288 e. The molecule has 0 saturated carbocycles. The van der Waals surface area contributed by atoms with Crippen LogP contribution < -0.4 is 0 Å². The predicted molar refractivity (Wildman–Crippen MR) is 45.0 cm³/mol. The Labute approximate surface area is 68.8 Å². The molecule has 0 aromatic carbocycles. The number of nitrogens with zero attached hydrogens (tertiary/aromatic N) is 2. The molecule has 0 amide bonds. The van der Waals surface area contributed by atoms with E-state index < -0.39 is 0 Å². The van der Waals surface area contributed by atoms with E-state index in [-0.39, 0.29) is 0 Å². The van der Waals surface area contributed by atoms with Crippen molar-refractivity contribution in [2.75, 3.05) is 13.1 Å². The van der Waals surface area contributed by atoms with Crippen LogP contribution in [0.5, 0.6) is 0 Å². The van der Waals surface area contributed by atoms with Crippen molar-refractivity contribution in [2.24, 2.45) is 5.92 Å². The Balaban J connectivity index is 2.42. The Hall–Kier alpha value is -0.550. The summed E-state index contributed by atoms with van der Waals surface area (Å²) in [6.07, 6.45) is 2.58. The second-order valence-corrected chi connectivity index (χ2v) is 3.62. The maximum atomic E-state index is 8.53. The van der Waals surface area contributed by atoms with Gasteiger partial charge in [0, 0.05) is 12.6 Å². The van der Waals surface area contributed by atoms with Crippen molar-refractivity contribution in [1.29, 1.82) is 5.26 Å². The van der Waals surface area contributed by atoms with Crippen molar-refractivity contribution in [2.45, 2.75) is 32.7 Å². The SMILES string of the molecule is CC1CCC(C)N(CC#N)C1. The van der Waals surface area contributed by atoms with Crippen LogP contribution in [0.3, 0.4) is 0 Å². The van der Waals surface area contributed by atoms with E-state index in [1.807, 2.05) is 0 Å². The van der Waals surface area contributed by atoms with E-state index in [0.29, 0.717) is 12.6 Å². The smallest absolute Gasteiger partial charge is 0.0868 e. The Kier molecular flexibility index (Phi) is 2.90. The van der Waals surface area contributed by atoms with Crippen LogP contribution in [0.25, 0.3) is 0 Å². The van der Waals surface area contributed by atoms with Crippen molar-refractivity contribution in [3.8, 4) is 6.07 Å². The van der Waals surface area contributed by atoms with Gasteiger partial charge in [-0.25, -0.2) is 0 Å². The molecule has 0 aliphatic carbocycles. The van der Waals surface area contributed by atoms with Gasteiger partial charge in [-0.05, 0) is 25.7 Å². The molecule has 0 aromatic heterocycles. The lowest BCUT2D eigenvalue weighted by Gasteiger charge is -2.34. The first kappa shape index (κ1) is 8.55. The number of hydrogen-bond acceptors (Lipinski definition) is 2. The molecule has 2 heteroatoms. The Morgan fingerprint density at radius 2 is 2.18 bits per heavy atom. The molecular formula is C9H16N2. The van der Waals surface area contributed by atoms with Gasteiger partial charge in [0.2, 0.25) is 0 Å². The van der Waals surface area contributed by atoms with Crippen molar-refractivity contribution in [3.63, 3.8) is 0 Å². The zero-order valence-corrected chi connectivity index (χ0v) is 7.38. The average molecular weight is 152 g/mol. The quantitative estimate of drug-likeness (QED) is 0.534. The first-order valence-electron chi connectivity index (χ1n) is 4.35. The van der Waals surface area contributed by atoms with Crippen LogP contribution in [-0.2, 0) is 0 Å². The van der Waals surface area contributed by atoms with Gasteiger partial charge < -0.3 is 0 Å². The Morgan fingerprint density at radius 3 is 2.82 bits per heavy atom. The van der Waals surface area contributed by atoms with Gasteiger partial charge >= 0.3 is 0 Å². The second-order valence-electron chi connectivity index (χ2n) is 3.62. The molecule has 1 aliphatic heterocycles. The summed E-state index contributed by atoms with van der Waals surface area (Å²) in [5.74, 6) is 0.777. The molecule has 0 radical (unpaired) electrons. The molecule has 1 saturated heterocycles. The first-order chi connectivity index (χ1) is 5.24. The molecule has 0 bridgehead atoms. The van der Waals surface area contributed by atoms with Gasteiger partial charge in [0.25, 0.3) is 0 Å². The summed E-state index contributed by atoms with van der Waals surface area (Å²) in [5.41, 5.74) is 0. The van der Waals surface area contributed by atoms with Crippen LogP contribution in [0.1, 0.15) is 26.7 Å². The highest BCUT2D eigenvalue weighted by Gasteiger charge is 2.21. The van der Waals surface area contributed by atoms with E-state index in [1.165, 1.54) is 12.8 Å². The monoisotopic (exact) mass is 152 g/mol. The van der Waals surface area contributed by atoms with E-state index in [4.69, 9.17) is 5.26 Å². The molecule has 1 rings (SSSR count). The maximum absolute atomic E-state index is 8.53. The number of piperidine rings is 1. The van der Waals surface area contributed by atoms with Gasteiger partial charge in [0.05, 0.1) is 12.6 Å². The molecule has 0 N–H and O–H groups in total. The minimum absolute atomic E-state index is 0.603. The van der Waals surface area contributed by atoms with E-state index in [9.17, 15) is 0 Å². The van der Waals surface area contributed by atoms with Crippen molar-refractivity contribution >= 4 is 0 Å². The second kappa shape index (κ2) is 3.73. The van der Waals surface area contributed by atoms with Crippen LogP contribution >= 0.6 is 0 Å². The van der Waals surface area contributed by atoms with Gasteiger partial charge in [-0.3, -0.25) is 4.90 Å². The molecular weight excluding hydrogens is 136 g/mol. The number of nitriles is 1. The summed E-state index contributed by atoms with van der Waals surface area (Å²) in [6.45, 7) is 6.18. The lowest BCUT2D eigenvalue weighted by molar-refractivity contribution is 0.142. The fourth-order valence-corrected chi connectivity index (χ4v) is 1.69. The van der Waals surface area contributed by atoms with Gasteiger partial charge in [-0.1, -0.05) is 6.92 Å². The molecule has 1 heterocycles. The number of likely N-dealkylation sites (tertiary alicyclic amines) is 1. The fourth-order valence-electron chi connectivity index (χ4n) is 1.69. The lowest BCUT2D eigenvalue weighted by atomic mass is 9.95. The Morgan fingerprint density at radius 1 is 1.45 bits per heavy atom. The summed E-state index contributed by atoms with van der Waals surface area (Å²) in [5, 5.41) is 8.53. The zero-order chi connectivity index (χ0) is 8.27. The summed E-state index contributed by atoms with van der Waals surface area (Å²) in [4.78, 5) is 2.27. The van der Waals surface area contributed by atoms with E-state index in [1.54, 1.807) is 0 Å². The highest BCUT2D eigenvalue weighted by Crippen LogP contribution is 2.20. The average Bonchev–Trinajstić information content (AvgIpc) is 1.98. The Bertz CT molecular complexity index is 159. The summed E-state index contributed by atoms with van der Waals surface area (Å²) >= 11 is 0. The van der Waals surface area contributed by atoms with Crippen molar-refractivity contribution < 1.29 is 0 Å². The highest BCUT2D eigenvalue weighted by atomic mass is 15.2. The van der Waals surface area contributed by atoms with E-state index >= 15 is 0 Å². The number of rotatable bonds is 1. The summed E-state index contributed by atoms with van der Waals surface area (Å²) < 4.78 is 0. The van der Waals surface area contributed by atoms with Crippen molar-refractivity contribution in [1.82, 2.24) is 4.90 Å². The normalized spacial score (nSPS) is 33.2. The molecule has 1 aliphatic rings. The van der Waals surface area contributed by atoms with Crippen molar-refractivity contribution in [3.05, 3.63) is 0 Å². The summed E-state index contributed by atoms with van der Waals surface area (Å²) in [6, 6.07) is 2.83. The fraction of sp³-hybridized carbons (Fsp3) is 0.889. The molecule has 0 aromatic rings. The third-order valence-electron chi connectivity index (χ3n) is 2.52. The van der Waals surface area contributed by atoms with Gasteiger partial charge in [-0.2, -0.15) is 5.26 Å². The molecule has 2 unspecified atom stereocenters. The minimum Gasteiger partial charge on any atom is -0.288 e. The lowest BCUT2D eigenvalue weighted by Crippen LogP contribution is -2.41. The molecule has 2 nitrogen and oxygen atoms in total. The third-order valence-corrected chi connectivity index (χ3v) is 2.52. The van der Waals surface area contributed by atoms with E-state index in [0.717, 1.165) is 12.5 Å². The zero-order valence-electron chi connectivity index (χ0n) is 7.38. The number of hydrogen-bond donors (Lipinski definition) is 0. The van der Waals surface area contributed by atoms with Crippen LogP contribution in [-0.4, -0.2) is 24.0 Å². The first-order valence-corrected chi connectivity index (χ1v) is 4.35.